The molecule has 2 aliphatic heterocycles. The molecule has 2 aliphatic rings. The zero-order chi connectivity index (χ0) is 25.1. The number of carbonyl (C=O) groups excluding carboxylic acids is 2. The van der Waals surface area contributed by atoms with E-state index >= 15 is 0 Å². The van der Waals surface area contributed by atoms with E-state index in [0.29, 0.717) is 44.0 Å². The van der Waals surface area contributed by atoms with Crippen LogP contribution < -0.4 is 10.2 Å². The van der Waals surface area contributed by atoms with Crippen LogP contribution in [0.1, 0.15) is 39.2 Å². The highest BCUT2D eigenvalue weighted by atomic mass is 16.2. The van der Waals surface area contributed by atoms with E-state index in [9.17, 15) is 9.59 Å². The molecule has 3 heterocycles. The molecule has 0 aliphatic carbocycles. The molecule has 1 fully saturated rings. The van der Waals surface area contributed by atoms with Crippen molar-refractivity contribution in [3.63, 3.8) is 0 Å². The Balaban J connectivity index is 1.11. The maximum absolute atomic E-state index is 13.0. The van der Waals surface area contributed by atoms with Crippen LogP contribution in [0.4, 0.5) is 11.5 Å². The highest BCUT2D eigenvalue weighted by Crippen LogP contribution is 2.26. The lowest BCUT2D eigenvalue weighted by Crippen LogP contribution is -2.47. The fraction of sp³-hybridized carbons (Fsp3) is 0.393. The normalized spacial score (nSPS) is 16.2. The molecule has 1 saturated heterocycles. The molecule has 8 nitrogen and oxygen atoms in total. The summed E-state index contributed by atoms with van der Waals surface area (Å²) in [5, 5.41) is 10.1. The maximum atomic E-state index is 13.0. The number of anilines is 2. The van der Waals surface area contributed by atoms with Gasteiger partial charge in [-0.1, -0.05) is 42.5 Å². The Hall–Kier alpha value is -3.65. The third kappa shape index (κ3) is 5.14. The van der Waals surface area contributed by atoms with E-state index in [0.717, 1.165) is 37.3 Å². The smallest absolute Gasteiger partial charge is 0.272 e. The summed E-state index contributed by atoms with van der Waals surface area (Å²) in [6, 6.07) is 16.4. The van der Waals surface area contributed by atoms with Crippen molar-refractivity contribution in [2.45, 2.75) is 33.2 Å². The zero-order valence-electron chi connectivity index (χ0n) is 21.1. The van der Waals surface area contributed by atoms with Gasteiger partial charge < -0.3 is 15.1 Å². The maximum Gasteiger partial charge on any atom is 0.272 e. The van der Waals surface area contributed by atoms with E-state index in [1.807, 2.05) is 35.2 Å². The number of H-pyrrole nitrogens is 1. The van der Waals surface area contributed by atoms with Crippen molar-refractivity contribution in [2.24, 2.45) is 0 Å². The van der Waals surface area contributed by atoms with Gasteiger partial charge >= 0.3 is 0 Å². The second-order valence-electron chi connectivity index (χ2n) is 9.73. The van der Waals surface area contributed by atoms with Gasteiger partial charge in [0, 0.05) is 63.5 Å². The van der Waals surface area contributed by atoms with E-state index in [4.69, 9.17) is 0 Å². The number of aromatic amines is 1. The monoisotopic (exact) mass is 486 g/mol. The van der Waals surface area contributed by atoms with Crippen molar-refractivity contribution in [2.75, 3.05) is 49.5 Å². The Labute approximate surface area is 212 Å². The van der Waals surface area contributed by atoms with Gasteiger partial charge in [0.05, 0.1) is 0 Å². The summed E-state index contributed by atoms with van der Waals surface area (Å²) in [6.45, 7) is 10.0. The van der Waals surface area contributed by atoms with Crippen LogP contribution in [0, 0.1) is 13.8 Å². The Bertz CT molecular complexity index is 1230. The topological polar surface area (TPSA) is 84.6 Å². The first-order chi connectivity index (χ1) is 17.5. The van der Waals surface area contributed by atoms with Gasteiger partial charge in [-0.2, -0.15) is 5.10 Å². The Morgan fingerprint density at radius 1 is 1.00 bits per heavy atom. The molecule has 0 unspecified atom stereocenters. The van der Waals surface area contributed by atoms with Gasteiger partial charge in [-0.15, -0.1) is 0 Å². The van der Waals surface area contributed by atoms with E-state index in [1.54, 1.807) is 0 Å². The number of fused-ring (bicyclic) bond motifs is 1. The second kappa shape index (κ2) is 10.5. The van der Waals surface area contributed by atoms with E-state index in [2.05, 4.69) is 57.4 Å². The third-order valence-electron chi connectivity index (χ3n) is 7.42. The summed E-state index contributed by atoms with van der Waals surface area (Å²) in [5.41, 5.74) is 6.35. The lowest BCUT2D eigenvalue weighted by atomic mass is 10.0. The lowest BCUT2D eigenvalue weighted by molar-refractivity contribution is -0.116. The van der Waals surface area contributed by atoms with Crippen LogP contribution in [0.5, 0.6) is 0 Å². The molecule has 0 atom stereocenters. The molecular formula is C28H34N6O2. The van der Waals surface area contributed by atoms with Gasteiger partial charge in [0.25, 0.3) is 5.91 Å². The molecule has 36 heavy (non-hydrogen) atoms. The Morgan fingerprint density at radius 2 is 1.78 bits per heavy atom. The number of benzene rings is 2. The quantitative estimate of drug-likeness (QED) is 0.535. The fourth-order valence-electron chi connectivity index (χ4n) is 5.09. The van der Waals surface area contributed by atoms with Crippen LogP contribution in [0.3, 0.4) is 0 Å². The number of amides is 2. The lowest BCUT2D eigenvalue weighted by Gasteiger charge is -2.37. The minimum Gasteiger partial charge on any atom is -0.369 e. The summed E-state index contributed by atoms with van der Waals surface area (Å²) in [6.07, 6.45) is 1.07. The molecule has 2 aromatic carbocycles. The first-order valence-electron chi connectivity index (χ1n) is 12.7. The predicted molar refractivity (Wildman–Crippen MR) is 141 cm³/mol. The molecule has 0 saturated carbocycles. The number of aromatic nitrogens is 2. The summed E-state index contributed by atoms with van der Waals surface area (Å²) in [5.74, 6) is 0.345. The van der Waals surface area contributed by atoms with Crippen LogP contribution in [0.15, 0.2) is 48.5 Å². The molecule has 2 amide bonds. The molecule has 0 radical (unpaired) electrons. The number of carbonyl (C=O) groups is 2. The summed E-state index contributed by atoms with van der Waals surface area (Å²) in [4.78, 5) is 32.2. The summed E-state index contributed by atoms with van der Waals surface area (Å²) >= 11 is 0. The van der Waals surface area contributed by atoms with Crippen molar-refractivity contribution in [3.8, 4) is 0 Å². The van der Waals surface area contributed by atoms with Crippen LogP contribution >= 0.6 is 0 Å². The zero-order valence-corrected chi connectivity index (χ0v) is 21.1. The molecule has 1 aromatic heterocycles. The van der Waals surface area contributed by atoms with E-state index in [-0.39, 0.29) is 11.8 Å². The average Bonchev–Trinajstić information content (AvgIpc) is 3.30. The predicted octanol–water partition coefficient (Wildman–Crippen LogP) is 3.38. The van der Waals surface area contributed by atoms with Crippen LogP contribution in [0.2, 0.25) is 0 Å². The number of nitrogens with one attached hydrogen (secondary N) is 2. The number of rotatable bonds is 7. The van der Waals surface area contributed by atoms with Crippen LogP contribution in [-0.2, 0) is 17.8 Å². The van der Waals surface area contributed by atoms with Crippen LogP contribution in [-0.4, -0.2) is 71.1 Å². The largest absolute Gasteiger partial charge is 0.369 e. The average molecular weight is 487 g/mol. The van der Waals surface area contributed by atoms with Gasteiger partial charge in [-0.3, -0.25) is 19.6 Å². The standard InChI is InChI=1S/C28H34N6O2/c1-20-7-6-10-24(21(20)2)33-17-15-32(16-18-33)13-12-25(35)29-27-23-11-14-34(28(36)26(23)30-31-27)19-22-8-4-3-5-9-22/h3-10H,11-19H2,1-2H3,(H2,29,30,31,35). The number of piperazine rings is 1. The molecule has 2 N–H and O–H groups in total. The van der Waals surface area contributed by atoms with Crippen molar-refractivity contribution in [1.82, 2.24) is 20.0 Å². The minimum atomic E-state index is -0.0742. The highest BCUT2D eigenvalue weighted by molar-refractivity contribution is 5.98. The Kier molecular flexibility index (Phi) is 7.04. The van der Waals surface area contributed by atoms with Gasteiger partial charge in [-0.05, 0) is 43.0 Å². The number of aryl methyl sites for hydroxylation is 1. The first-order valence-corrected chi connectivity index (χ1v) is 12.7. The molecule has 3 aromatic rings. The molecule has 5 rings (SSSR count). The number of nitrogens with zero attached hydrogens (tertiary/aromatic N) is 4. The summed E-state index contributed by atoms with van der Waals surface area (Å²) in [7, 11) is 0. The van der Waals surface area contributed by atoms with Gasteiger partial charge in [0.15, 0.2) is 5.82 Å². The molecule has 0 bridgehead atoms. The van der Waals surface area contributed by atoms with Crippen LogP contribution in [0.25, 0.3) is 0 Å². The van der Waals surface area contributed by atoms with Gasteiger partial charge in [0.2, 0.25) is 5.91 Å². The van der Waals surface area contributed by atoms with E-state index in [1.165, 1.54) is 16.8 Å². The first kappa shape index (κ1) is 24.1. The fourth-order valence-corrected chi connectivity index (χ4v) is 5.09. The van der Waals surface area contributed by atoms with Crippen molar-refractivity contribution < 1.29 is 9.59 Å². The number of hydrogen-bond donors (Lipinski definition) is 2. The van der Waals surface area contributed by atoms with Crippen molar-refractivity contribution >= 4 is 23.3 Å². The van der Waals surface area contributed by atoms with E-state index < -0.39 is 0 Å². The SMILES string of the molecule is Cc1cccc(N2CCN(CCC(=O)Nc3n[nH]c4c3CCN(Cc3ccccc3)C4=O)CC2)c1C. The van der Waals surface area contributed by atoms with Crippen molar-refractivity contribution in [1.29, 1.82) is 0 Å². The molecular weight excluding hydrogens is 452 g/mol. The highest BCUT2D eigenvalue weighted by Gasteiger charge is 2.29. The third-order valence-corrected chi connectivity index (χ3v) is 7.42. The van der Waals surface area contributed by atoms with Gasteiger partial charge in [0.1, 0.15) is 5.69 Å². The Morgan fingerprint density at radius 3 is 2.56 bits per heavy atom. The molecule has 188 valence electrons. The van der Waals surface area contributed by atoms with Gasteiger partial charge in [-0.25, -0.2) is 0 Å². The summed E-state index contributed by atoms with van der Waals surface area (Å²) < 4.78 is 0. The minimum absolute atomic E-state index is 0.0691. The molecule has 0 spiro atoms. The second-order valence-corrected chi connectivity index (χ2v) is 9.73. The van der Waals surface area contributed by atoms with Crippen molar-refractivity contribution in [3.05, 3.63) is 76.5 Å². The number of hydrogen-bond acceptors (Lipinski definition) is 5. The molecule has 8 heteroatoms.